The number of morpholine rings is 1. The zero-order valence-corrected chi connectivity index (χ0v) is 17.2. The minimum absolute atomic E-state index is 0.0256. The second-order valence-electron chi connectivity index (χ2n) is 7.65. The van der Waals surface area contributed by atoms with Crippen LogP contribution < -0.4 is 15.0 Å². The SMILES string of the molecule is Cc1ccc2c(c1)N(Cc1cccc(C(=O)NCCN3CCOCC3)c1)C(=O)CO2. The van der Waals surface area contributed by atoms with Gasteiger partial charge in [0, 0.05) is 31.7 Å². The van der Waals surface area contributed by atoms with E-state index < -0.39 is 0 Å². The molecule has 0 saturated carbocycles. The van der Waals surface area contributed by atoms with E-state index in [9.17, 15) is 9.59 Å². The van der Waals surface area contributed by atoms with Crippen molar-refractivity contribution in [1.29, 1.82) is 0 Å². The largest absolute Gasteiger partial charge is 0.482 e. The van der Waals surface area contributed by atoms with Crippen LogP contribution in [0.2, 0.25) is 0 Å². The maximum atomic E-state index is 12.6. The summed E-state index contributed by atoms with van der Waals surface area (Å²) in [6, 6.07) is 13.2. The molecule has 7 nitrogen and oxygen atoms in total. The molecule has 30 heavy (non-hydrogen) atoms. The Labute approximate surface area is 176 Å². The fourth-order valence-electron chi connectivity index (χ4n) is 3.73. The second kappa shape index (κ2) is 9.28. The molecule has 0 spiro atoms. The summed E-state index contributed by atoms with van der Waals surface area (Å²) >= 11 is 0. The molecule has 1 saturated heterocycles. The molecule has 158 valence electrons. The van der Waals surface area contributed by atoms with Crippen LogP contribution in [0.3, 0.4) is 0 Å². The lowest BCUT2D eigenvalue weighted by Gasteiger charge is -2.30. The highest BCUT2D eigenvalue weighted by atomic mass is 16.5. The summed E-state index contributed by atoms with van der Waals surface area (Å²) in [5, 5.41) is 2.99. The normalized spacial score (nSPS) is 16.7. The summed E-state index contributed by atoms with van der Waals surface area (Å²) in [7, 11) is 0. The van der Waals surface area contributed by atoms with Crippen LogP contribution in [0.4, 0.5) is 5.69 Å². The summed E-state index contributed by atoms with van der Waals surface area (Å²) in [6.45, 7) is 7.12. The molecule has 0 radical (unpaired) electrons. The molecule has 2 aliphatic heterocycles. The summed E-state index contributed by atoms with van der Waals surface area (Å²) in [6.07, 6.45) is 0. The van der Waals surface area contributed by atoms with Crippen molar-refractivity contribution in [3.05, 3.63) is 59.2 Å². The molecule has 2 aromatic carbocycles. The first-order chi connectivity index (χ1) is 14.6. The van der Waals surface area contributed by atoms with Gasteiger partial charge in [-0.25, -0.2) is 0 Å². The van der Waals surface area contributed by atoms with Gasteiger partial charge in [-0.2, -0.15) is 0 Å². The number of nitrogens with one attached hydrogen (secondary N) is 1. The van der Waals surface area contributed by atoms with E-state index in [1.807, 2.05) is 43.3 Å². The average molecular weight is 409 g/mol. The average Bonchev–Trinajstić information content (AvgIpc) is 2.77. The Balaban J connectivity index is 1.40. The quantitative estimate of drug-likeness (QED) is 0.790. The monoisotopic (exact) mass is 409 g/mol. The smallest absolute Gasteiger partial charge is 0.265 e. The van der Waals surface area contributed by atoms with Crippen molar-refractivity contribution in [3.8, 4) is 5.75 Å². The number of aryl methyl sites for hydroxylation is 1. The van der Waals surface area contributed by atoms with E-state index in [2.05, 4.69) is 10.2 Å². The second-order valence-corrected chi connectivity index (χ2v) is 7.65. The highest BCUT2D eigenvalue weighted by molar-refractivity contribution is 5.98. The minimum atomic E-state index is -0.102. The van der Waals surface area contributed by atoms with E-state index in [0.717, 1.165) is 49.7 Å². The third-order valence-electron chi connectivity index (χ3n) is 5.40. The van der Waals surface area contributed by atoms with Gasteiger partial charge >= 0.3 is 0 Å². The van der Waals surface area contributed by atoms with Crippen molar-refractivity contribution in [2.75, 3.05) is 50.9 Å². The number of fused-ring (bicyclic) bond motifs is 1. The van der Waals surface area contributed by atoms with Crippen molar-refractivity contribution in [3.63, 3.8) is 0 Å². The Bertz CT molecular complexity index is 924. The maximum absolute atomic E-state index is 12.6. The Kier molecular flexibility index (Phi) is 6.30. The number of benzene rings is 2. The first-order valence-electron chi connectivity index (χ1n) is 10.3. The Morgan fingerprint density at radius 2 is 1.97 bits per heavy atom. The molecule has 4 rings (SSSR count). The molecule has 0 bridgehead atoms. The van der Waals surface area contributed by atoms with Crippen molar-refractivity contribution in [2.24, 2.45) is 0 Å². The summed E-state index contributed by atoms with van der Waals surface area (Å²) in [4.78, 5) is 29.1. The van der Waals surface area contributed by atoms with Gasteiger partial charge < -0.3 is 19.7 Å². The van der Waals surface area contributed by atoms with E-state index >= 15 is 0 Å². The third kappa shape index (κ3) is 4.80. The molecule has 1 N–H and O–H groups in total. The summed E-state index contributed by atoms with van der Waals surface area (Å²) in [5.41, 5.74) is 3.33. The maximum Gasteiger partial charge on any atom is 0.265 e. The van der Waals surface area contributed by atoms with Crippen LogP contribution in [-0.4, -0.2) is 62.7 Å². The Morgan fingerprint density at radius 1 is 1.13 bits per heavy atom. The number of hydrogen-bond donors (Lipinski definition) is 1. The molecule has 2 amide bonds. The number of ether oxygens (including phenoxy) is 2. The summed E-state index contributed by atoms with van der Waals surface area (Å²) in [5.74, 6) is 0.514. The number of amides is 2. The van der Waals surface area contributed by atoms with E-state index in [0.29, 0.717) is 24.4 Å². The van der Waals surface area contributed by atoms with Gasteiger partial charge in [-0.3, -0.25) is 14.5 Å². The molecule has 0 atom stereocenters. The number of carbonyl (C=O) groups is 2. The molecule has 1 fully saturated rings. The van der Waals surface area contributed by atoms with Gasteiger partial charge in [-0.1, -0.05) is 18.2 Å². The molecule has 0 unspecified atom stereocenters. The van der Waals surface area contributed by atoms with E-state index in [-0.39, 0.29) is 18.4 Å². The predicted octanol–water partition coefficient (Wildman–Crippen LogP) is 1.98. The molecule has 2 heterocycles. The van der Waals surface area contributed by atoms with Gasteiger partial charge in [0.25, 0.3) is 11.8 Å². The molecule has 2 aromatic rings. The topological polar surface area (TPSA) is 71.1 Å². The molecular weight excluding hydrogens is 382 g/mol. The van der Waals surface area contributed by atoms with Crippen LogP contribution in [0.5, 0.6) is 5.75 Å². The molecule has 7 heteroatoms. The number of carbonyl (C=O) groups excluding carboxylic acids is 2. The van der Waals surface area contributed by atoms with Crippen LogP contribution >= 0.6 is 0 Å². The van der Waals surface area contributed by atoms with Gasteiger partial charge in [-0.05, 0) is 42.3 Å². The lowest BCUT2D eigenvalue weighted by atomic mass is 10.1. The summed E-state index contributed by atoms with van der Waals surface area (Å²) < 4.78 is 10.9. The fourth-order valence-corrected chi connectivity index (χ4v) is 3.73. The Hall–Kier alpha value is -2.90. The Morgan fingerprint density at radius 3 is 2.80 bits per heavy atom. The van der Waals surface area contributed by atoms with Crippen molar-refractivity contribution < 1.29 is 19.1 Å². The van der Waals surface area contributed by atoms with Gasteiger partial charge in [0.15, 0.2) is 6.61 Å². The number of anilines is 1. The molecule has 2 aliphatic rings. The number of hydrogen-bond acceptors (Lipinski definition) is 5. The van der Waals surface area contributed by atoms with Crippen molar-refractivity contribution in [2.45, 2.75) is 13.5 Å². The molecule has 0 aromatic heterocycles. The third-order valence-corrected chi connectivity index (χ3v) is 5.40. The number of nitrogens with zero attached hydrogens (tertiary/aromatic N) is 2. The van der Waals surface area contributed by atoms with Gasteiger partial charge in [0.1, 0.15) is 5.75 Å². The standard InChI is InChI=1S/C23H27N3O4/c1-17-5-6-21-20(13-17)26(22(27)16-30-21)15-18-3-2-4-19(14-18)23(28)24-7-8-25-9-11-29-12-10-25/h2-6,13-14H,7-12,15-16H2,1H3,(H,24,28). The zero-order valence-electron chi connectivity index (χ0n) is 17.2. The minimum Gasteiger partial charge on any atom is -0.482 e. The van der Waals surface area contributed by atoms with Crippen LogP contribution in [0.1, 0.15) is 21.5 Å². The van der Waals surface area contributed by atoms with Crippen LogP contribution in [0.15, 0.2) is 42.5 Å². The highest BCUT2D eigenvalue weighted by Crippen LogP contribution is 2.33. The van der Waals surface area contributed by atoms with E-state index in [1.165, 1.54) is 0 Å². The number of rotatable bonds is 6. The van der Waals surface area contributed by atoms with E-state index in [4.69, 9.17) is 9.47 Å². The highest BCUT2D eigenvalue weighted by Gasteiger charge is 2.25. The fraction of sp³-hybridized carbons (Fsp3) is 0.391. The molecule has 0 aliphatic carbocycles. The van der Waals surface area contributed by atoms with Gasteiger partial charge in [0.2, 0.25) is 0 Å². The molecular formula is C23H27N3O4. The van der Waals surface area contributed by atoms with Gasteiger partial charge in [-0.15, -0.1) is 0 Å². The van der Waals surface area contributed by atoms with Crippen LogP contribution in [-0.2, 0) is 16.1 Å². The lowest BCUT2D eigenvalue weighted by molar-refractivity contribution is -0.121. The first-order valence-corrected chi connectivity index (χ1v) is 10.3. The predicted molar refractivity (Wildman–Crippen MR) is 114 cm³/mol. The first kappa shape index (κ1) is 20.4. The van der Waals surface area contributed by atoms with E-state index in [1.54, 1.807) is 11.0 Å². The van der Waals surface area contributed by atoms with Crippen molar-refractivity contribution in [1.82, 2.24) is 10.2 Å². The zero-order chi connectivity index (χ0) is 20.9. The van der Waals surface area contributed by atoms with Crippen LogP contribution in [0.25, 0.3) is 0 Å². The van der Waals surface area contributed by atoms with Crippen LogP contribution in [0, 0.1) is 6.92 Å². The van der Waals surface area contributed by atoms with Crippen molar-refractivity contribution >= 4 is 17.5 Å². The van der Waals surface area contributed by atoms with Gasteiger partial charge in [0.05, 0.1) is 25.4 Å². The lowest BCUT2D eigenvalue weighted by Crippen LogP contribution is -2.41.